The van der Waals surface area contributed by atoms with Gasteiger partial charge in [-0.1, -0.05) is 0 Å². The molecule has 0 spiro atoms. The number of benzene rings is 1. The molecule has 18 heavy (non-hydrogen) atoms. The number of rotatable bonds is 4. The SMILES string of the molecule is N#Cc1c(S(=O)(=O)Cl)ccc(OC(F)F)c1CN. The van der Waals surface area contributed by atoms with Gasteiger partial charge in [-0.3, -0.25) is 0 Å². The largest absolute Gasteiger partial charge is 0.434 e. The fourth-order valence-electron chi connectivity index (χ4n) is 1.34. The van der Waals surface area contributed by atoms with Crippen LogP contribution in [-0.2, 0) is 15.6 Å². The number of nitrogens with two attached hydrogens (primary N) is 1. The van der Waals surface area contributed by atoms with Crippen LogP contribution in [-0.4, -0.2) is 15.0 Å². The monoisotopic (exact) mass is 296 g/mol. The summed E-state index contributed by atoms with van der Waals surface area (Å²) in [5.74, 6) is -0.354. The lowest BCUT2D eigenvalue weighted by Crippen LogP contribution is -2.10. The quantitative estimate of drug-likeness (QED) is 0.851. The molecule has 0 saturated heterocycles. The maximum Gasteiger partial charge on any atom is 0.387 e. The van der Waals surface area contributed by atoms with Crippen LogP contribution in [0.4, 0.5) is 8.78 Å². The van der Waals surface area contributed by atoms with Crippen molar-refractivity contribution in [3.05, 3.63) is 23.3 Å². The molecule has 0 aliphatic carbocycles. The number of alkyl halides is 2. The molecule has 0 saturated carbocycles. The number of ether oxygens (including phenoxy) is 1. The van der Waals surface area contributed by atoms with Crippen molar-refractivity contribution in [2.45, 2.75) is 18.1 Å². The third-order valence-electron chi connectivity index (χ3n) is 2.03. The fraction of sp³-hybridized carbons (Fsp3) is 0.222. The van der Waals surface area contributed by atoms with Crippen LogP contribution in [0.1, 0.15) is 11.1 Å². The van der Waals surface area contributed by atoms with E-state index in [9.17, 15) is 17.2 Å². The molecule has 0 aromatic heterocycles. The molecule has 0 heterocycles. The van der Waals surface area contributed by atoms with E-state index in [0.29, 0.717) is 0 Å². The third-order valence-corrected chi connectivity index (χ3v) is 3.39. The first kappa shape index (κ1) is 14.6. The van der Waals surface area contributed by atoms with Gasteiger partial charge in [-0.25, -0.2) is 8.42 Å². The number of nitrogens with zero attached hydrogens (tertiary/aromatic N) is 1. The zero-order chi connectivity index (χ0) is 13.9. The highest BCUT2D eigenvalue weighted by molar-refractivity contribution is 8.13. The van der Waals surface area contributed by atoms with Gasteiger partial charge in [0.1, 0.15) is 16.7 Å². The molecule has 9 heteroatoms. The van der Waals surface area contributed by atoms with Crippen LogP contribution >= 0.6 is 10.7 Å². The molecule has 0 fully saturated rings. The minimum atomic E-state index is -4.17. The third kappa shape index (κ3) is 3.07. The normalized spacial score (nSPS) is 11.3. The standard InChI is InChI=1S/C9H7ClF2N2O3S/c10-18(15,16)8-2-1-7(17-9(11)12)5(3-13)6(8)4-14/h1-2,9H,3,13H2. The Hall–Kier alpha value is -1.43. The first-order valence-electron chi connectivity index (χ1n) is 4.46. The van der Waals surface area contributed by atoms with Gasteiger partial charge in [-0.15, -0.1) is 0 Å². The molecule has 2 N–H and O–H groups in total. The summed E-state index contributed by atoms with van der Waals surface area (Å²) >= 11 is 0. The van der Waals surface area contributed by atoms with Crippen molar-refractivity contribution in [2.75, 3.05) is 0 Å². The van der Waals surface area contributed by atoms with E-state index in [2.05, 4.69) is 4.74 Å². The molecular formula is C9H7ClF2N2O3S. The van der Waals surface area contributed by atoms with Crippen molar-refractivity contribution in [1.29, 1.82) is 5.26 Å². The lowest BCUT2D eigenvalue weighted by Gasteiger charge is -2.12. The number of hydrogen-bond acceptors (Lipinski definition) is 5. The summed E-state index contributed by atoms with van der Waals surface area (Å²) in [5.41, 5.74) is 4.76. The van der Waals surface area contributed by atoms with E-state index in [0.717, 1.165) is 12.1 Å². The van der Waals surface area contributed by atoms with Gasteiger partial charge in [-0.2, -0.15) is 14.0 Å². The van der Waals surface area contributed by atoms with Crippen LogP contribution < -0.4 is 10.5 Å². The van der Waals surface area contributed by atoms with E-state index in [4.69, 9.17) is 21.7 Å². The van der Waals surface area contributed by atoms with Crippen LogP contribution in [0.25, 0.3) is 0 Å². The molecule has 0 aliphatic heterocycles. The molecule has 1 aromatic carbocycles. The second-order valence-electron chi connectivity index (χ2n) is 3.05. The van der Waals surface area contributed by atoms with Crippen molar-refractivity contribution >= 4 is 19.7 Å². The first-order valence-corrected chi connectivity index (χ1v) is 6.77. The molecular weight excluding hydrogens is 290 g/mol. The van der Waals surface area contributed by atoms with Crippen molar-refractivity contribution in [3.8, 4) is 11.8 Å². The van der Waals surface area contributed by atoms with Crippen LogP contribution in [0.2, 0.25) is 0 Å². The Balaban J connectivity index is 3.53. The van der Waals surface area contributed by atoms with E-state index < -0.39 is 26.1 Å². The summed E-state index contributed by atoms with van der Waals surface area (Å²) in [6.45, 7) is -3.45. The molecule has 98 valence electrons. The summed E-state index contributed by atoms with van der Waals surface area (Å²) in [6.07, 6.45) is 0. The molecule has 0 atom stereocenters. The summed E-state index contributed by atoms with van der Waals surface area (Å²) in [6, 6.07) is 3.46. The Kier molecular flexibility index (Phi) is 4.45. The maximum atomic E-state index is 12.1. The smallest absolute Gasteiger partial charge is 0.387 e. The van der Waals surface area contributed by atoms with Gasteiger partial charge in [-0.05, 0) is 12.1 Å². The van der Waals surface area contributed by atoms with Crippen LogP contribution in [0.3, 0.4) is 0 Å². The molecule has 0 aliphatic rings. The second kappa shape index (κ2) is 5.48. The summed E-state index contributed by atoms with van der Waals surface area (Å²) < 4.78 is 50.8. The molecule has 0 amide bonds. The minimum absolute atomic E-state index is 0.139. The fourth-order valence-corrected chi connectivity index (χ4v) is 2.37. The maximum absolute atomic E-state index is 12.1. The van der Waals surface area contributed by atoms with E-state index in [1.54, 1.807) is 6.07 Å². The molecule has 0 radical (unpaired) electrons. The number of nitriles is 1. The van der Waals surface area contributed by atoms with E-state index >= 15 is 0 Å². The van der Waals surface area contributed by atoms with Crippen molar-refractivity contribution < 1.29 is 21.9 Å². The van der Waals surface area contributed by atoms with Gasteiger partial charge in [0, 0.05) is 22.8 Å². The Morgan fingerprint density at radius 2 is 2.11 bits per heavy atom. The van der Waals surface area contributed by atoms with Gasteiger partial charge in [0.25, 0.3) is 9.05 Å². The minimum Gasteiger partial charge on any atom is -0.434 e. The van der Waals surface area contributed by atoms with Gasteiger partial charge in [0.15, 0.2) is 0 Å². The zero-order valence-corrected chi connectivity index (χ0v) is 10.3. The average molecular weight is 297 g/mol. The highest BCUT2D eigenvalue weighted by Gasteiger charge is 2.22. The summed E-state index contributed by atoms with van der Waals surface area (Å²) in [5, 5.41) is 8.88. The molecule has 0 unspecified atom stereocenters. The van der Waals surface area contributed by atoms with Crippen molar-refractivity contribution in [2.24, 2.45) is 5.73 Å². The van der Waals surface area contributed by atoms with Gasteiger partial charge < -0.3 is 10.5 Å². The Morgan fingerprint density at radius 3 is 2.50 bits per heavy atom. The van der Waals surface area contributed by atoms with Gasteiger partial charge >= 0.3 is 6.61 Å². The van der Waals surface area contributed by atoms with E-state index in [1.165, 1.54) is 0 Å². The van der Waals surface area contributed by atoms with Crippen molar-refractivity contribution in [3.63, 3.8) is 0 Å². The second-order valence-corrected chi connectivity index (χ2v) is 5.58. The van der Waals surface area contributed by atoms with Gasteiger partial charge in [0.05, 0.1) is 5.56 Å². The summed E-state index contributed by atoms with van der Waals surface area (Å²) in [4.78, 5) is -0.492. The van der Waals surface area contributed by atoms with Crippen molar-refractivity contribution in [1.82, 2.24) is 0 Å². The highest BCUT2D eigenvalue weighted by atomic mass is 35.7. The molecule has 1 rings (SSSR count). The van der Waals surface area contributed by atoms with Crippen LogP contribution in [0, 0.1) is 11.3 Å². The topological polar surface area (TPSA) is 93.2 Å². The molecule has 5 nitrogen and oxygen atoms in total. The lowest BCUT2D eigenvalue weighted by atomic mass is 10.1. The predicted molar refractivity (Wildman–Crippen MR) is 58.7 cm³/mol. The van der Waals surface area contributed by atoms with E-state index in [1.807, 2.05) is 0 Å². The highest BCUT2D eigenvalue weighted by Crippen LogP contribution is 2.30. The Morgan fingerprint density at radius 1 is 1.50 bits per heavy atom. The Labute approximate surface area is 106 Å². The number of hydrogen-bond donors (Lipinski definition) is 1. The molecule has 1 aromatic rings. The average Bonchev–Trinajstić information content (AvgIpc) is 2.25. The molecule has 0 bridgehead atoms. The van der Waals surface area contributed by atoms with Crippen LogP contribution in [0.5, 0.6) is 5.75 Å². The predicted octanol–water partition coefficient (Wildman–Crippen LogP) is 1.55. The number of halogens is 3. The summed E-state index contributed by atoms with van der Waals surface area (Å²) in [7, 11) is 0.949. The first-order chi connectivity index (χ1) is 8.31. The van der Waals surface area contributed by atoms with Gasteiger partial charge in [0.2, 0.25) is 0 Å². The lowest BCUT2D eigenvalue weighted by molar-refractivity contribution is -0.0504. The van der Waals surface area contributed by atoms with Crippen LogP contribution in [0.15, 0.2) is 17.0 Å². The zero-order valence-electron chi connectivity index (χ0n) is 8.73. The Bertz CT molecular complexity index is 599. The van der Waals surface area contributed by atoms with E-state index in [-0.39, 0.29) is 17.9 Å².